The summed E-state index contributed by atoms with van der Waals surface area (Å²) in [6.07, 6.45) is 5.76. The molecule has 2 aliphatic heterocycles. The summed E-state index contributed by atoms with van der Waals surface area (Å²) in [5.74, 6) is 0.908. The van der Waals surface area contributed by atoms with E-state index < -0.39 is 0 Å². The molecule has 0 unspecified atom stereocenters. The Kier molecular flexibility index (Phi) is 3.90. The quantitative estimate of drug-likeness (QED) is 0.764. The molecular formula is C21H20N6. The van der Waals surface area contributed by atoms with E-state index in [1.165, 1.54) is 0 Å². The van der Waals surface area contributed by atoms with E-state index in [0.717, 1.165) is 64.8 Å². The van der Waals surface area contributed by atoms with Gasteiger partial charge < -0.3 is 10.6 Å². The molecule has 1 aromatic carbocycles. The van der Waals surface area contributed by atoms with Gasteiger partial charge in [0.2, 0.25) is 0 Å². The first-order chi connectivity index (χ1) is 13.3. The van der Waals surface area contributed by atoms with Crippen LogP contribution >= 0.6 is 0 Å². The van der Waals surface area contributed by atoms with Gasteiger partial charge in [-0.1, -0.05) is 24.3 Å². The summed E-state index contributed by atoms with van der Waals surface area (Å²) < 4.78 is 0. The Morgan fingerprint density at radius 3 is 2.89 bits per heavy atom. The number of anilines is 1. The molecule has 6 nitrogen and oxygen atoms in total. The van der Waals surface area contributed by atoms with Crippen molar-refractivity contribution in [3.05, 3.63) is 71.4 Å². The normalized spacial score (nSPS) is 15.3. The predicted octanol–water partition coefficient (Wildman–Crippen LogP) is 2.71. The van der Waals surface area contributed by atoms with Gasteiger partial charge >= 0.3 is 0 Å². The van der Waals surface area contributed by atoms with Crippen LogP contribution in [0.4, 0.5) is 5.69 Å². The third-order valence-corrected chi connectivity index (χ3v) is 5.16. The van der Waals surface area contributed by atoms with Crippen LogP contribution in [0.3, 0.4) is 0 Å². The molecule has 0 atom stereocenters. The van der Waals surface area contributed by atoms with Gasteiger partial charge in [0.25, 0.3) is 0 Å². The van der Waals surface area contributed by atoms with Crippen molar-refractivity contribution in [3.63, 3.8) is 0 Å². The largest absolute Gasteiger partial charge is 0.326 e. The minimum atomic E-state index is 0.480. The monoisotopic (exact) mass is 356 g/mol. The zero-order chi connectivity index (χ0) is 18.2. The molecule has 0 radical (unpaired) electrons. The lowest BCUT2D eigenvalue weighted by molar-refractivity contribution is 0.754. The zero-order valence-corrected chi connectivity index (χ0v) is 15.0. The molecule has 0 fully saturated rings. The molecular weight excluding hydrogens is 336 g/mol. The molecule has 3 aromatic rings. The number of fused-ring (bicyclic) bond motifs is 2. The average Bonchev–Trinajstić information content (AvgIpc) is 3.16. The minimum Gasteiger partial charge on any atom is -0.326 e. The number of hydrogen-bond donors (Lipinski definition) is 1. The highest BCUT2D eigenvalue weighted by atomic mass is 15.2. The molecule has 5 rings (SSSR count). The van der Waals surface area contributed by atoms with Crippen LogP contribution in [0.5, 0.6) is 0 Å². The maximum atomic E-state index is 5.88. The molecule has 4 heterocycles. The maximum Gasteiger partial charge on any atom is 0.156 e. The number of nitrogens with two attached hydrogens (primary N) is 1. The Hall–Kier alpha value is -3.12. The van der Waals surface area contributed by atoms with E-state index >= 15 is 0 Å². The van der Waals surface area contributed by atoms with Crippen molar-refractivity contribution in [1.29, 1.82) is 0 Å². The van der Waals surface area contributed by atoms with Crippen LogP contribution in [-0.2, 0) is 19.5 Å². The van der Waals surface area contributed by atoms with Gasteiger partial charge in [0.1, 0.15) is 5.69 Å². The number of aryl methyl sites for hydroxylation is 1. The SMILES string of the molecule is NCc1ccccc1-c1cnc2c(n1)CN=C2N1CCCc2ncccc21. The van der Waals surface area contributed by atoms with Crippen molar-refractivity contribution in [2.24, 2.45) is 10.7 Å². The van der Waals surface area contributed by atoms with E-state index in [1.54, 1.807) is 0 Å². The topological polar surface area (TPSA) is 80.3 Å². The van der Waals surface area contributed by atoms with Crippen LogP contribution in [0.1, 0.15) is 29.1 Å². The predicted molar refractivity (Wildman–Crippen MR) is 106 cm³/mol. The Labute approximate surface area is 157 Å². The summed E-state index contributed by atoms with van der Waals surface area (Å²) in [7, 11) is 0. The van der Waals surface area contributed by atoms with E-state index in [1.807, 2.05) is 42.7 Å². The second-order valence-electron chi connectivity index (χ2n) is 6.78. The molecule has 0 spiro atoms. The van der Waals surface area contributed by atoms with E-state index in [0.29, 0.717) is 13.1 Å². The van der Waals surface area contributed by atoms with Crippen molar-refractivity contribution < 1.29 is 0 Å². The summed E-state index contributed by atoms with van der Waals surface area (Å²) in [5.41, 5.74) is 12.9. The van der Waals surface area contributed by atoms with Gasteiger partial charge in [-0.2, -0.15) is 0 Å². The van der Waals surface area contributed by atoms with Crippen molar-refractivity contribution in [1.82, 2.24) is 15.0 Å². The number of aliphatic imine (C=N–C) groups is 1. The van der Waals surface area contributed by atoms with Gasteiger partial charge in [-0.3, -0.25) is 9.98 Å². The Morgan fingerprint density at radius 1 is 1.04 bits per heavy atom. The third kappa shape index (κ3) is 2.69. The van der Waals surface area contributed by atoms with Crippen LogP contribution in [0.15, 0.2) is 53.8 Å². The van der Waals surface area contributed by atoms with Crippen LogP contribution in [0.25, 0.3) is 11.3 Å². The fourth-order valence-corrected chi connectivity index (χ4v) is 3.85. The second kappa shape index (κ2) is 6.55. The minimum absolute atomic E-state index is 0.480. The molecule has 0 aliphatic carbocycles. The first-order valence-corrected chi connectivity index (χ1v) is 9.25. The molecule has 0 saturated carbocycles. The van der Waals surface area contributed by atoms with Crippen LogP contribution in [0, 0.1) is 0 Å². The van der Waals surface area contributed by atoms with Crippen LogP contribution in [-0.4, -0.2) is 27.3 Å². The molecule has 2 aromatic heterocycles. The van der Waals surface area contributed by atoms with Gasteiger partial charge in [-0.25, -0.2) is 9.97 Å². The smallest absolute Gasteiger partial charge is 0.156 e. The highest BCUT2D eigenvalue weighted by molar-refractivity contribution is 6.11. The van der Waals surface area contributed by atoms with E-state index in [2.05, 4.69) is 16.0 Å². The molecule has 6 heteroatoms. The molecule has 134 valence electrons. The van der Waals surface area contributed by atoms with Crippen LogP contribution in [0.2, 0.25) is 0 Å². The summed E-state index contributed by atoms with van der Waals surface area (Å²) >= 11 is 0. The Bertz CT molecular complexity index is 1040. The lowest BCUT2D eigenvalue weighted by Gasteiger charge is -2.30. The van der Waals surface area contributed by atoms with E-state index in [4.69, 9.17) is 20.7 Å². The molecule has 27 heavy (non-hydrogen) atoms. The molecule has 2 aliphatic rings. The third-order valence-electron chi connectivity index (χ3n) is 5.16. The van der Waals surface area contributed by atoms with Gasteiger partial charge in [0, 0.05) is 24.8 Å². The molecule has 2 N–H and O–H groups in total. The van der Waals surface area contributed by atoms with E-state index in [-0.39, 0.29) is 0 Å². The first kappa shape index (κ1) is 16.1. The summed E-state index contributed by atoms with van der Waals surface area (Å²) in [6.45, 7) is 1.97. The van der Waals surface area contributed by atoms with Crippen molar-refractivity contribution in [2.45, 2.75) is 25.9 Å². The maximum absolute atomic E-state index is 5.88. The zero-order valence-electron chi connectivity index (χ0n) is 15.0. The Balaban J connectivity index is 1.52. The fourth-order valence-electron chi connectivity index (χ4n) is 3.85. The standard InChI is InChI=1S/C21H20N6/c22-11-14-5-1-2-6-15(14)17-12-24-20-18(26-17)13-25-21(20)27-10-4-7-16-19(27)8-3-9-23-16/h1-3,5-6,8-9,12H,4,7,10-11,13,22H2. The van der Waals surface area contributed by atoms with Crippen molar-refractivity contribution in [3.8, 4) is 11.3 Å². The number of rotatable bonds is 2. The van der Waals surface area contributed by atoms with Crippen molar-refractivity contribution >= 4 is 11.5 Å². The summed E-state index contributed by atoms with van der Waals surface area (Å²) in [5, 5.41) is 0. The lowest BCUT2D eigenvalue weighted by Crippen LogP contribution is -2.36. The van der Waals surface area contributed by atoms with Gasteiger partial charge in [-0.05, 0) is 30.5 Å². The molecule has 0 saturated heterocycles. The highest BCUT2D eigenvalue weighted by Crippen LogP contribution is 2.30. The average molecular weight is 356 g/mol. The number of nitrogens with zero attached hydrogens (tertiary/aromatic N) is 5. The van der Waals surface area contributed by atoms with Gasteiger partial charge in [0.15, 0.2) is 5.84 Å². The van der Waals surface area contributed by atoms with Crippen molar-refractivity contribution in [2.75, 3.05) is 11.4 Å². The second-order valence-corrected chi connectivity index (χ2v) is 6.78. The number of benzene rings is 1. The summed E-state index contributed by atoms with van der Waals surface area (Å²) in [6, 6.07) is 12.2. The Morgan fingerprint density at radius 2 is 1.96 bits per heavy atom. The van der Waals surface area contributed by atoms with Gasteiger partial charge in [0.05, 0.1) is 35.5 Å². The summed E-state index contributed by atoms with van der Waals surface area (Å²) in [4.78, 5) is 21.1. The van der Waals surface area contributed by atoms with E-state index in [9.17, 15) is 0 Å². The number of hydrogen-bond acceptors (Lipinski definition) is 6. The lowest BCUT2D eigenvalue weighted by atomic mass is 10.0. The van der Waals surface area contributed by atoms with Crippen LogP contribution < -0.4 is 10.6 Å². The fraction of sp³-hybridized carbons (Fsp3) is 0.238. The van der Waals surface area contributed by atoms with Gasteiger partial charge in [-0.15, -0.1) is 0 Å². The molecule has 0 amide bonds. The number of pyridine rings is 1. The number of aromatic nitrogens is 3. The number of amidine groups is 1. The molecule has 0 bridgehead atoms. The first-order valence-electron chi connectivity index (χ1n) is 9.25. The highest BCUT2D eigenvalue weighted by Gasteiger charge is 2.29.